The third-order valence-corrected chi connectivity index (χ3v) is 5.39. The van der Waals surface area contributed by atoms with Gasteiger partial charge >= 0.3 is 0 Å². The van der Waals surface area contributed by atoms with Crippen molar-refractivity contribution in [2.45, 2.75) is 37.6 Å². The van der Waals surface area contributed by atoms with Crippen LogP contribution >= 0.6 is 11.8 Å². The van der Waals surface area contributed by atoms with Crippen LogP contribution in [0, 0.1) is 5.41 Å². The molecule has 0 aromatic heterocycles. The lowest BCUT2D eigenvalue weighted by Crippen LogP contribution is -2.33. The van der Waals surface area contributed by atoms with Crippen molar-refractivity contribution >= 4 is 17.4 Å². The van der Waals surface area contributed by atoms with Crippen molar-refractivity contribution in [3.63, 3.8) is 0 Å². The molecule has 1 aliphatic rings. The summed E-state index contributed by atoms with van der Waals surface area (Å²) in [6.07, 6.45) is 4.55. The molecule has 0 bridgehead atoms. The number of para-hydroxylation sites is 1. The summed E-state index contributed by atoms with van der Waals surface area (Å²) in [4.78, 5) is 1.32. The molecule has 0 spiro atoms. The van der Waals surface area contributed by atoms with E-state index in [1.54, 1.807) is 11.8 Å². The van der Waals surface area contributed by atoms with Crippen LogP contribution in [0.5, 0.6) is 0 Å². The standard InChI is InChI=1S/C19H23NS/c1-19(2)13-12-14-8-4-5-9-15(14)18(19)20-16-10-6-7-11-17(16)21-3/h4-11,18,20H,12-13H2,1-3H3. The first-order valence-electron chi connectivity index (χ1n) is 7.59. The summed E-state index contributed by atoms with van der Waals surface area (Å²) >= 11 is 1.80. The van der Waals surface area contributed by atoms with Gasteiger partial charge in [-0.15, -0.1) is 11.8 Å². The maximum Gasteiger partial charge on any atom is 0.0567 e. The molecule has 1 atom stereocenters. The second kappa shape index (κ2) is 5.76. The molecular weight excluding hydrogens is 274 g/mol. The Morgan fingerprint density at radius 2 is 1.76 bits per heavy atom. The molecule has 0 saturated heterocycles. The van der Waals surface area contributed by atoms with E-state index in [1.807, 2.05) is 0 Å². The highest BCUT2D eigenvalue weighted by Crippen LogP contribution is 2.45. The van der Waals surface area contributed by atoms with E-state index in [0.717, 1.165) is 0 Å². The molecule has 2 aromatic rings. The minimum Gasteiger partial charge on any atom is -0.377 e. The molecule has 110 valence electrons. The Labute approximate surface area is 132 Å². The summed E-state index contributed by atoms with van der Waals surface area (Å²) < 4.78 is 0. The molecule has 1 unspecified atom stereocenters. The van der Waals surface area contributed by atoms with Gasteiger partial charge in [-0.2, -0.15) is 0 Å². The SMILES string of the molecule is CSc1ccccc1NC1c2ccccc2CCC1(C)C. The van der Waals surface area contributed by atoms with Crippen LogP contribution in [0.15, 0.2) is 53.4 Å². The maximum atomic E-state index is 3.83. The third-order valence-electron chi connectivity index (χ3n) is 4.59. The summed E-state index contributed by atoms with van der Waals surface area (Å²) in [7, 11) is 0. The molecule has 21 heavy (non-hydrogen) atoms. The van der Waals surface area contributed by atoms with Crippen molar-refractivity contribution in [3.8, 4) is 0 Å². The highest BCUT2D eigenvalue weighted by Gasteiger charge is 2.35. The minimum absolute atomic E-state index is 0.264. The van der Waals surface area contributed by atoms with Crippen LogP contribution in [0.25, 0.3) is 0 Å². The van der Waals surface area contributed by atoms with E-state index in [-0.39, 0.29) is 5.41 Å². The van der Waals surface area contributed by atoms with E-state index in [1.165, 1.54) is 34.6 Å². The predicted octanol–water partition coefficient (Wildman–Crippen LogP) is 5.53. The first kappa shape index (κ1) is 14.5. The van der Waals surface area contributed by atoms with Crippen molar-refractivity contribution in [1.29, 1.82) is 0 Å². The lowest BCUT2D eigenvalue weighted by Gasteiger charge is -2.41. The van der Waals surface area contributed by atoms with Crippen LogP contribution in [0.3, 0.4) is 0 Å². The Bertz CT molecular complexity index is 633. The predicted molar refractivity (Wildman–Crippen MR) is 93.1 cm³/mol. The topological polar surface area (TPSA) is 12.0 Å². The Hall–Kier alpha value is -1.41. The number of anilines is 1. The fraction of sp³-hybridized carbons (Fsp3) is 0.368. The van der Waals surface area contributed by atoms with Crippen molar-refractivity contribution in [2.75, 3.05) is 11.6 Å². The molecule has 2 heteroatoms. The minimum atomic E-state index is 0.264. The van der Waals surface area contributed by atoms with Crippen LogP contribution < -0.4 is 5.32 Å². The summed E-state index contributed by atoms with van der Waals surface area (Å²) in [5, 5.41) is 3.83. The number of hydrogen-bond donors (Lipinski definition) is 1. The van der Waals surface area contributed by atoms with Crippen molar-refractivity contribution in [2.24, 2.45) is 5.41 Å². The van der Waals surface area contributed by atoms with E-state index in [9.17, 15) is 0 Å². The van der Waals surface area contributed by atoms with Gasteiger partial charge in [-0.05, 0) is 47.8 Å². The molecule has 1 N–H and O–H groups in total. The van der Waals surface area contributed by atoms with E-state index in [0.29, 0.717) is 6.04 Å². The molecule has 0 amide bonds. The molecule has 3 rings (SSSR count). The highest BCUT2D eigenvalue weighted by atomic mass is 32.2. The molecule has 0 heterocycles. The first-order chi connectivity index (χ1) is 10.1. The van der Waals surface area contributed by atoms with Gasteiger partial charge in [0.25, 0.3) is 0 Å². The average Bonchev–Trinajstić information content (AvgIpc) is 2.50. The summed E-state index contributed by atoms with van der Waals surface area (Å²) in [5.74, 6) is 0. The number of aryl methyl sites for hydroxylation is 1. The second-order valence-corrected chi connectivity index (χ2v) is 7.31. The van der Waals surface area contributed by atoms with Gasteiger partial charge in [0.15, 0.2) is 0 Å². The summed E-state index contributed by atoms with van der Waals surface area (Å²) in [6.45, 7) is 4.75. The number of nitrogens with one attached hydrogen (secondary N) is 1. The van der Waals surface area contributed by atoms with Gasteiger partial charge in [-0.25, -0.2) is 0 Å². The normalized spacial score (nSPS) is 19.9. The molecular formula is C19H23NS. The number of thioether (sulfide) groups is 1. The van der Waals surface area contributed by atoms with E-state index in [4.69, 9.17) is 0 Å². The van der Waals surface area contributed by atoms with Crippen LogP contribution in [-0.4, -0.2) is 6.26 Å². The lowest BCUT2D eigenvalue weighted by atomic mass is 9.70. The van der Waals surface area contributed by atoms with Gasteiger partial charge in [-0.3, -0.25) is 0 Å². The van der Waals surface area contributed by atoms with E-state index in [2.05, 4.69) is 74.0 Å². The average molecular weight is 297 g/mol. The lowest BCUT2D eigenvalue weighted by molar-refractivity contribution is 0.265. The van der Waals surface area contributed by atoms with Gasteiger partial charge in [0.2, 0.25) is 0 Å². The maximum absolute atomic E-state index is 3.83. The van der Waals surface area contributed by atoms with Crippen LogP contribution in [-0.2, 0) is 6.42 Å². The Morgan fingerprint density at radius 3 is 2.57 bits per heavy atom. The summed E-state index contributed by atoms with van der Waals surface area (Å²) in [5.41, 5.74) is 4.47. The van der Waals surface area contributed by atoms with Crippen LogP contribution in [0.1, 0.15) is 37.4 Å². The third kappa shape index (κ3) is 2.82. The quantitative estimate of drug-likeness (QED) is 0.747. The molecule has 2 aromatic carbocycles. The van der Waals surface area contributed by atoms with Crippen molar-refractivity contribution in [3.05, 3.63) is 59.7 Å². The molecule has 0 fully saturated rings. The second-order valence-electron chi connectivity index (χ2n) is 6.47. The zero-order chi connectivity index (χ0) is 14.9. The summed E-state index contributed by atoms with van der Waals surface area (Å²) in [6, 6.07) is 17.9. The Balaban J connectivity index is 1.99. The number of hydrogen-bond acceptors (Lipinski definition) is 2. The molecule has 1 aliphatic carbocycles. The van der Waals surface area contributed by atoms with Gasteiger partial charge in [0.05, 0.1) is 6.04 Å². The smallest absolute Gasteiger partial charge is 0.0567 e. The monoisotopic (exact) mass is 297 g/mol. The Kier molecular flexibility index (Phi) is 3.99. The molecule has 1 nitrogen and oxygen atoms in total. The zero-order valence-electron chi connectivity index (χ0n) is 13.0. The number of rotatable bonds is 3. The van der Waals surface area contributed by atoms with Crippen LogP contribution in [0.4, 0.5) is 5.69 Å². The number of fused-ring (bicyclic) bond motifs is 1. The molecule has 0 radical (unpaired) electrons. The Morgan fingerprint density at radius 1 is 1.05 bits per heavy atom. The van der Waals surface area contributed by atoms with Crippen molar-refractivity contribution < 1.29 is 0 Å². The fourth-order valence-corrected chi connectivity index (χ4v) is 3.82. The number of benzene rings is 2. The van der Waals surface area contributed by atoms with E-state index >= 15 is 0 Å². The zero-order valence-corrected chi connectivity index (χ0v) is 13.8. The van der Waals surface area contributed by atoms with Gasteiger partial charge in [0.1, 0.15) is 0 Å². The largest absolute Gasteiger partial charge is 0.377 e. The van der Waals surface area contributed by atoms with E-state index < -0.39 is 0 Å². The molecule has 0 aliphatic heterocycles. The highest BCUT2D eigenvalue weighted by molar-refractivity contribution is 7.98. The molecule has 0 saturated carbocycles. The van der Waals surface area contributed by atoms with Crippen LogP contribution in [0.2, 0.25) is 0 Å². The van der Waals surface area contributed by atoms with Crippen molar-refractivity contribution in [1.82, 2.24) is 0 Å². The van der Waals surface area contributed by atoms with Gasteiger partial charge in [0, 0.05) is 10.6 Å². The van der Waals surface area contributed by atoms with Gasteiger partial charge in [-0.1, -0.05) is 50.2 Å². The van der Waals surface area contributed by atoms with Gasteiger partial charge < -0.3 is 5.32 Å². The fourth-order valence-electron chi connectivity index (χ4n) is 3.26. The first-order valence-corrected chi connectivity index (χ1v) is 8.81.